The van der Waals surface area contributed by atoms with Crippen LogP contribution in [0.15, 0.2) is 67.0 Å². The third-order valence-corrected chi connectivity index (χ3v) is 6.79. The molecule has 36 heavy (non-hydrogen) atoms. The molecule has 1 aliphatic rings. The Kier molecular flexibility index (Phi) is 6.01. The second kappa shape index (κ2) is 9.30. The minimum Gasteiger partial charge on any atom is -0.398 e. The lowest BCUT2D eigenvalue weighted by atomic mass is 10.0. The Balaban J connectivity index is 1.36. The van der Waals surface area contributed by atoms with E-state index in [9.17, 15) is 14.4 Å². The van der Waals surface area contributed by atoms with Crippen molar-refractivity contribution in [3.63, 3.8) is 0 Å². The number of Topliss-reactive ketones (excluding diaryl/α,β-unsaturated/α-hetero) is 1. The lowest BCUT2D eigenvalue weighted by Crippen LogP contribution is -2.56. The van der Waals surface area contributed by atoms with Gasteiger partial charge in [0.2, 0.25) is 0 Å². The molecule has 1 fully saturated rings. The van der Waals surface area contributed by atoms with Gasteiger partial charge < -0.3 is 20.5 Å². The lowest BCUT2D eigenvalue weighted by molar-refractivity contribution is -0.130. The van der Waals surface area contributed by atoms with Crippen molar-refractivity contribution >= 4 is 34.2 Å². The topological polar surface area (TPSA) is 112 Å². The van der Waals surface area contributed by atoms with E-state index in [-0.39, 0.29) is 11.9 Å². The van der Waals surface area contributed by atoms with Crippen molar-refractivity contribution in [3.05, 3.63) is 83.7 Å². The van der Waals surface area contributed by atoms with Crippen molar-refractivity contribution in [2.75, 3.05) is 25.4 Å². The Morgan fingerprint density at radius 3 is 2.56 bits per heavy atom. The number of nitrogens with two attached hydrogens (primary N) is 1. The average molecular weight is 482 g/mol. The van der Waals surface area contributed by atoms with Gasteiger partial charge in [0.1, 0.15) is 0 Å². The molecule has 2 amide bonds. The average Bonchev–Trinajstić information content (AvgIpc) is 3.34. The van der Waals surface area contributed by atoms with Gasteiger partial charge in [-0.15, -0.1) is 0 Å². The van der Waals surface area contributed by atoms with Gasteiger partial charge in [-0.3, -0.25) is 19.4 Å². The number of carbonyl (C=O) groups is 3. The monoisotopic (exact) mass is 481 g/mol. The van der Waals surface area contributed by atoms with Crippen molar-refractivity contribution in [3.8, 4) is 11.3 Å². The van der Waals surface area contributed by atoms with Crippen LogP contribution in [0.2, 0.25) is 0 Å². The van der Waals surface area contributed by atoms with Gasteiger partial charge in [-0.1, -0.05) is 30.3 Å². The molecule has 8 heteroatoms. The van der Waals surface area contributed by atoms with E-state index in [4.69, 9.17) is 5.73 Å². The number of piperazine rings is 1. The Bertz CT molecular complexity index is 1480. The number of hydrogen-bond acceptors (Lipinski definition) is 5. The van der Waals surface area contributed by atoms with E-state index in [1.54, 1.807) is 40.4 Å². The predicted octanol–water partition coefficient (Wildman–Crippen LogP) is 3.68. The number of benzene rings is 2. The number of aromatic nitrogens is 2. The van der Waals surface area contributed by atoms with Crippen molar-refractivity contribution in [2.45, 2.75) is 19.9 Å². The number of carbonyl (C=O) groups excluding carboxylic acids is 3. The number of ketones is 1. The molecule has 5 rings (SSSR count). The second-order valence-corrected chi connectivity index (χ2v) is 9.15. The fourth-order valence-corrected chi connectivity index (χ4v) is 4.70. The maximum atomic E-state index is 13.3. The molecule has 2 aromatic carbocycles. The summed E-state index contributed by atoms with van der Waals surface area (Å²) in [6, 6.07) is 16.2. The van der Waals surface area contributed by atoms with Gasteiger partial charge in [0.15, 0.2) is 0 Å². The van der Waals surface area contributed by atoms with Gasteiger partial charge in [0, 0.05) is 60.3 Å². The molecule has 1 saturated heterocycles. The van der Waals surface area contributed by atoms with Gasteiger partial charge >= 0.3 is 0 Å². The van der Waals surface area contributed by atoms with Crippen molar-refractivity contribution in [1.29, 1.82) is 0 Å². The van der Waals surface area contributed by atoms with E-state index in [0.717, 1.165) is 11.1 Å². The number of aryl methyl sites for hydroxylation is 1. The first kappa shape index (κ1) is 23.3. The molecular weight excluding hydrogens is 454 g/mol. The van der Waals surface area contributed by atoms with Crippen LogP contribution < -0.4 is 5.73 Å². The Hall–Kier alpha value is -4.46. The van der Waals surface area contributed by atoms with Gasteiger partial charge in [0.05, 0.1) is 16.8 Å². The van der Waals surface area contributed by atoms with Crippen LogP contribution in [0.3, 0.4) is 0 Å². The van der Waals surface area contributed by atoms with Crippen LogP contribution in [0.5, 0.6) is 0 Å². The smallest absolute Gasteiger partial charge is 0.295 e. The summed E-state index contributed by atoms with van der Waals surface area (Å²) in [5, 5.41) is 0.628. The molecule has 0 bridgehead atoms. The molecule has 3 heterocycles. The second-order valence-electron chi connectivity index (χ2n) is 9.15. The summed E-state index contributed by atoms with van der Waals surface area (Å²) in [4.78, 5) is 50.3. The largest absolute Gasteiger partial charge is 0.398 e. The molecule has 0 saturated carbocycles. The maximum Gasteiger partial charge on any atom is 0.295 e. The normalized spacial score (nSPS) is 15.8. The molecule has 4 aromatic rings. The van der Waals surface area contributed by atoms with Crippen molar-refractivity contribution in [1.82, 2.24) is 19.8 Å². The van der Waals surface area contributed by atoms with Crippen molar-refractivity contribution in [2.24, 2.45) is 0 Å². The third-order valence-electron chi connectivity index (χ3n) is 6.79. The fraction of sp³-hybridized carbons (Fsp3) is 0.214. The number of nitrogen functional groups attached to an aromatic ring is 1. The Morgan fingerprint density at radius 1 is 1.06 bits per heavy atom. The highest BCUT2D eigenvalue weighted by atomic mass is 16.2. The third kappa shape index (κ3) is 4.11. The summed E-state index contributed by atoms with van der Waals surface area (Å²) < 4.78 is 0. The van der Waals surface area contributed by atoms with Crippen LogP contribution in [0.25, 0.3) is 22.2 Å². The fourth-order valence-electron chi connectivity index (χ4n) is 4.70. The minimum absolute atomic E-state index is 0.0747. The first-order valence-electron chi connectivity index (χ1n) is 11.9. The zero-order valence-electron chi connectivity index (χ0n) is 20.2. The molecule has 1 aliphatic heterocycles. The van der Waals surface area contributed by atoms with E-state index >= 15 is 0 Å². The molecule has 0 spiro atoms. The first-order chi connectivity index (χ1) is 17.3. The van der Waals surface area contributed by atoms with Crippen LogP contribution in [0.1, 0.15) is 33.2 Å². The standard InChI is InChI=1S/C28H27N5O3/c1-17-8-9-20(14-23(17)29)24-25-21(10-11-30-24)22(15-31-25)26(34)28(36)33-13-12-32(16-18(33)2)27(35)19-6-4-3-5-7-19/h3-11,14-15,18,31H,12-13,16,29H2,1-2H3/t18-/m1/s1. The van der Waals surface area contributed by atoms with Gasteiger partial charge in [-0.2, -0.15) is 0 Å². The summed E-state index contributed by atoms with van der Waals surface area (Å²) in [7, 11) is 0. The number of nitrogens with zero attached hydrogens (tertiary/aromatic N) is 3. The molecule has 3 N–H and O–H groups in total. The van der Waals surface area contributed by atoms with E-state index in [1.165, 1.54) is 0 Å². The summed E-state index contributed by atoms with van der Waals surface area (Å²) in [5.74, 6) is -1.24. The number of anilines is 1. The van der Waals surface area contributed by atoms with E-state index < -0.39 is 11.7 Å². The van der Waals surface area contributed by atoms with Gasteiger partial charge in [-0.25, -0.2) is 0 Å². The lowest BCUT2D eigenvalue weighted by Gasteiger charge is -2.39. The summed E-state index contributed by atoms with van der Waals surface area (Å²) >= 11 is 0. The molecule has 1 atom stereocenters. The number of fused-ring (bicyclic) bond motifs is 1. The van der Waals surface area contributed by atoms with Gasteiger partial charge in [0.25, 0.3) is 17.6 Å². The molecule has 182 valence electrons. The molecule has 2 aromatic heterocycles. The number of nitrogens with one attached hydrogen (secondary N) is 1. The summed E-state index contributed by atoms with van der Waals surface area (Å²) in [6.07, 6.45) is 3.19. The number of H-pyrrole nitrogens is 1. The van der Waals surface area contributed by atoms with E-state index in [0.29, 0.717) is 53.0 Å². The van der Waals surface area contributed by atoms with Crippen LogP contribution in [-0.4, -0.2) is 63.0 Å². The maximum absolute atomic E-state index is 13.3. The predicted molar refractivity (Wildman–Crippen MR) is 139 cm³/mol. The number of hydrogen-bond donors (Lipinski definition) is 2. The number of aromatic amines is 1. The number of pyridine rings is 1. The highest BCUT2D eigenvalue weighted by Crippen LogP contribution is 2.30. The Morgan fingerprint density at radius 2 is 1.83 bits per heavy atom. The van der Waals surface area contributed by atoms with E-state index in [1.807, 2.05) is 50.2 Å². The van der Waals surface area contributed by atoms with Crippen molar-refractivity contribution < 1.29 is 14.4 Å². The molecule has 0 radical (unpaired) electrons. The van der Waals surface area contributed by atoms with Crippen LogP contribution in [0.4, 0.5) is 5.69 Å². The summed E-state index contributed by atoms with van der Waals surface area (Å²) in [5.41, 5.74) is 10.8. The zero-order valence-corrected chi connectivity index (χ0v) is 20.2. The van der Waals surface area contributed by atoms with Crippen LogP contribution >= 0.6 is 0 Å². The van der Waals surface area contributed by atoms with Crippen LogP contribution in [-0.2, 0) is 4.79 Å². The van der Waals surface area contributed by atoms with Gasteiger partial charge in [-0.05, 0) is 43.7 Å². The SMILES string of the molecule is Cc1ccc(-c2nccc3c(C(=O)C(=O)N4CCN(C(=O)c5ccccc5)C[C@H]4C)c[nH]c23)cc1N. The first-order valence-corrected chi connectivity index (χ1v) is 11.9. The highest BCUT2D eigenvalue weighted by Gasteiger charge is 2.34. The Labute approximate surface area is 208 Å². The summed E-state index contributed by atoms with van der Waals surface area (Å²) in [6.45, 7) is 4.82. The van der Waals surface area contributed by atoms with Crippen LogP contribution in [0, 0.1) is 6.92 Å². The highest BCUT2D eigenvalue weighted by molar-refractivity contribution is 6.45. The minimum atomic E-state index is -0.587. The number of rotatable bonds is 4. The molecule has 8 nitrogen and oxygen atoms in total. The molecule has 0 unspecified atom stereocenters. The molecule has 0 aliphatic carbocycles. The zero-order chi connectivity index (χ0) is 25.4. The quantitative estimate of drug-likeness (QED) is 0.262. The van der Waals surface area contributed by atoms with E-state index in [2.05, 4.69) is 9.97 Å². The number of amides is 2. The molecular formula is C28H27N5O3.